The van der Waals surface area contributed by atoms with Crippen molar-refractivity contribution in [2.24, 2.45) is 10.7 Å². The van der Waals surface area contributed by atoms with E-state index in [0.29, 0.717) is 36.1 Å². The second-order valence-corrected chi connectivity index (χ2v) is 5.41. The van der Waals surface area contributed by atoms with Gasteiger partial charge in [0, 0.05) is 11.8 Å². The molecule has 7 nitrogen and oxygen atoms in total. The number of benzene rings is 2. The molecule has 0 aliphatic rings. The van der Waals surface area contributed by atoms with Crippen molar-refractivity contribution in [1.82, 2.24) is 0 Å². The topological polar surface area (TPSA) is 98.0 Å². The largest absolute Gasteiger partial charge is 0.494 e. The van der Waals surface area contributed by atoms with Gasteiger partial charge in [0.1, 0.15) is 23.9 Å². The van der Waals surface area contributed by atoms with Crippen molar-refractivity contribution in [3.63, 3.8) is 0 Å². The van der Waals surface area contributed by atoms with Crippen molar-refractivity contribution in [3.8, 4) is 11.5 Å². The van der Waals surface area contributed by atoms with E-state index >= 15 is 0 Å². The van der Waals surface area contributed by atoms with Crippen LogP contribution >= 0.6 is 24.0 Å². The lowest BCUT2D eigenvalue weighted by Crippen LogP contribution is -2.25. The SMILES string of the molecule is CCOc1ccc(OCC)c(NC(N)=NCC(=O)Nc2ccc(F)cc2)c1.I. The van der Waals surface area contributed by atoms with Crippen LogP contribution in [0.3, 0.4) is 0 Å². The Morgan fingerprint density at radius 3 is 2.39 bits per heavy atom. The van der Waals surface area contributed by atoms with E-state index in [2.05, 4.69) is 15.6 Å². The number of hydrogen-bond acceptors (Lipinski definition) is 4. The molecule has 4 N–H and O–H groups in total. The highest BCUT2D eigenvalue weighted by molar-refractivity contribution is 14.0. The molecule has 0 aliphatic heterocycles. The van der Waals surface area contributed by atoms with E-state index < -0.39 is 0 Å². The molecule has 1 amide bonds. The van der Waals surface area contributed by atoms with Crippen LogP contribution in [0.1, 0.15) is 13.8 Å². The Balaban J connectivity index is 0.00000392. The second kappa shape index (κ2) is 12.0. The molecule has 0 bridgehead atoms. The summed E-state index contributed by atoms with van der Waals surface area (Å²) in [5.41, 5.74) is 6.93. The van der Waals surface area contributed by atoms with Crippen LogP contribution in [-0.4, -0.2) is 31.6 Å². The number of halogens is 2. The maximum Gasteiger partial charge on any atom is 0.246 e. The second-order valence-electron chi connectivity index (χ2n) is 5.41. The molecule has 2 aromatic rings. The minimum atomic E-state index is -0.376. The number of carbonyl (C=O) groups excluding carboxylic acids is 1. The van der Waals surface area contributed by atoms with Gasteiger partial charge in [0.15, 0.2) is 5.96 Å². The number of amides is 1. The molecule has 0 aliphatic carbocycles. The molecule has 2 rings (SSSR count). The van der Waals surface area contributed by atoms with Gasteiger partial charge in [-0.2, -0.15) is 0 Å². The molecule has 0 spiro atoms. The van der Waals surface area contributed by atoms with E-state index in [1.807, 2.05) is 13.8 Å². The first-order chi connectivity index (χ1) is 13.0. The van der Waals surface area contributed by atoms with E-state index in [0.717, 1.165) is 0 Å². The number of nitrogens with zero attached hydrogens (tertiary/aromatic N) is 1. The highest BCUT2D eigenvalue weighted by atomic mass is 127. The fraction of sp³-hybridized carbons (Fsp3) is 0.263. The third kappa shape index (κ3) is 7.59. The van der Waals surface area contributed by atoms with E-state index in [4.69, 9.17) is 15.2 Å². The van der Waals surface area contributed by atoms with Crippen molar-refractivity contribution in [1.29, 1.82) is 0 Å². The van der Waals surface area contributed by atoms with Crippen LogP contribution in [0.5, 0.6) is 11.5 Å². The highest BCUT2D eigenvalue weighted by Crippen LogP contribution is 2.29. The first kappa shape index (κ1) is 23.5. The number of carbonyl (C=O) groups is 1. The first-order valence-electron chi connectivity index (χ1n) is 8.53. The maximum atomic E-state index is 12.9. The summed E-state index contributed by atoms with van der Waals surface area (Å²) in [5.74, 6) is 0.553. The number of hydrogen-bond donors (Lipinski definition) is 3. The monoisotopic (exact) mass is 502 g/mol. The quantitative estimate of drug-likeness (QED) is 0.291. The number of guanidine groups is 1. The molecule has 0 saturated heterocycles. The smallest absolute Gasteiger partial charge is 0.246 e. The third-order valence-corrected chi connectivity index (χ3v) is 3.35. The lowest BCUT2D eigenvalue weighted by Gasteiger charge is -2.14. The van der Waals surface area contributed by atoms with E-state index in [9.17, 15) is 9.18 Å². The molecule has 0 radical (unpaired) electrons. The number of rotatable bonds is 8. The van der Waals surface area contributed by atoms with Crippen LogP contribution in [0.25, 0.3) is 0 Å². The predicted molar refractivity (Wildman–Crippen MR) is 119 cm³/mol. The van der Waals surface area contributed by atoms with E-state index in [1.165, 1.54) is 24.3 Å². The van der Waals surface area contributed by atoms with Crippen molar-refractivity contribution in [3.05, 3.63) is 48.3 Å². The van der Waals surface area contributed by atoms with Gasteiger partial charge in [0.05, 0.1) is 18.9 Å². The Bertz CT molecular complexity index is 800. The summed E-state index contributed by atoms with van der Waals surface area (Å²) in [6.07, 6.45) is 0. The van der Waals surface area contributed by atoms with Crippen LogP contribution in [0.2, 0.25) is 0 Å². The normalized spacial score (nSPS) is 10.6. The molecule has 0 saturated carbocycles. The molecule has 0 heterocycles. The highest BCUT2D eigenvalue weighted by Gasteiger charge is 2.08. The number of aliphatic imine (C=N–C) groups is 1. The van der Waals surface area contributed by atoms with Gasteiger partial charge >= 0.3 is 0 Å². The average molecular weight is 502 g/mol. The zero-order chi connectivity index (χ0) is 19.6. The molecule has 2 aromatic carbocycles. The van der Waals surface area contributed by atoms with Gasteiger partial charge in [0.25, 0.3) is 0 Å². The van der Waals surface area contributed by atoms with Crippen molar-refractivity contribution < 1.29 is 18.7 Å². The first-order valence-corrected chi connectivity index (χ1v) is 8.53. The lowest BCUT2D eigenvalue weighted by atomic mass is 10.2. The summed E-state index contributed by atoms with van der Waals surface area (Å²) in [5, 5.41) is 5.52. The number of nitrogens with two attached hydrogens (primary N) is 1. The minimum Gasteiger partial charge on any atom is -0.494 e. The molecule has 152 valence electrons. The zero-order valence-corrected chi connectivity index (χ0v) is 18.0. The fourth-order valence-electron chi connectivity index (χ4n) is 2.21. The van der Waals surface area contributed by atoms with Crippen LogP contribution in [0.15, 0.2) is 47.5 Å². The molecule has 9 heteroatoms. The van der Waals surface area contributed by atoms with Crippen molar-refractivity contribution in [2.75, 3.05) is 30.4 Å². The summed E-state index contributed by atoms with van der Waals surface area (Å²) < 4.78 is 23.9. The van der Waals surface area contributed by atoms with Gasteiger partial charge in [-0.25, -0.2) is 9.38 Å². The van der Waals surface area contributed by atoms with E-state index in [1.54, 1.807) is 18.2 Å². The number of nitrogens with one attached hydrogen (secondary N) is 2. The summed E-state index contributed by atoms with van der Waals surface area (Å²) in [6.45, 7) is 4.59. The third-order valence-electron chi connectivity index (χ3n) is 3.35. The van der Waals surface area contributed by atoms with Crippen molar-refractivity contribution in [2.45, 2.75) is 13.8 Å². The molecule has 0 aromatic heterocycles. The lowest BCUT2D eigenvalue weighted by molar-refractivity contribution is -0.114. The van der Waals surface area contributed by atoms with Crippen LogP contribution in [0.4, 0.5) is 15.8 Å². The molecule has 0 atom stereocenters. The zero-order valence-electron chi connectivity index (χ0n) is 15.7. The maximum absolute atomic E-state index is 12.9. The van der Waals surface area contributed by atoms with Gasteiger partial charge in [-0.1, -0.05) is 0 Å². The fourth-order valence-corrected chi connectivity index (χ4v) is 2.21. The van der Waals surface area contributed by atoms with Gasteiger partial charge in [-0.3, -0.25) is 4.79 Å². The number of anilines is 2. The molecule has 28 heavy (non-hydrogen) atoms. The Kier molecular flexibility index (Phi) is 10.1. The Morgan fingerprint density at radius 1 is 1.07 bits per heavy atom. The van der Waals surface area contributed by atoms with Crippen LogP contribution in [-0.2, 0) is 4.79 Å². The van der Waals surface area contributed by atoms with Gasteiger partial charge in [-0.05, 0) is 50.2 Å². The molecular weight excluding hydrogens is 478 g/mol. The minimum absolute atomic E-state index is 0. The van der Waals surface area contributed by atoms with Crippen LogP contribution < -0.4 is 25.8 Å². The molecular formula is C19H24FIN4O3. The number of ether oxygens (including phenoxy) is 2. The predicted octanol–water partition coefficient (Wildman–Crippen LogP) is 3.61. The standard InChI is InChI=1S/C19H23FN4O3.HI/c1-3-26-15-9-10-17(27-4-2)16(11-15)24-19(21)22-12-18(25)23-14-7-5-13(20)6-8-14;/h5-11H,3-4,12H2,1-2H3,(H,23,25)(H3,21,22,24);1H. The summed E-state index contributed by atoms with van der Waals surface area (Å²) in [4.78, 5) is 15.9. The Morgan fingerprint density at radius 2 is 1.75 bits per heavy atom. The van der Waals surface area contributed by atoms with Gasteiger partial charge < -0.3 is 25.8 Å². The summed E-state index contributed by atoms with van der Waals surface area (Å²) in [6, 6.07) is 10.8. The summed E-state index contributed by atoms with van der Waals surface area (Å²) >= 11 is 0. The summed E-state index contributed by atoms with van der Waals surface area (Å²) in [7, 11) is 0. The Hall–Kier alpha value is -2.56. The Labute approximate surface area is 180 Å². The van der Waals surface area contributed by atoms with Crippen LogP contribution in [0, 0.1) is 5.82 Å². The molecule has 0 fully saturated rings. The average Bonchev–Trinajstić information content (AvgIpc) is 2.64. The van der Waals surface area contributed by atoms with Gasteiger partial charge in [-0.15, -0.1) is 24.0 Å². The van der Waals surface area contributed by atoms with E-state index in [-0.39, 0.29) is 48.2 Å². The van der Waals surface area contributed by atoms with Gasteiger partial charge in [0.2, 0.25) is 5.91 Å². The van der Waals surface area contributed by atoms with Crippen molar-refractivity contribution >= 4 is 47.2 Å². The molecule has 0 unspecified atom stereocenters.